The molecule has 0 unspecified atom stereocenters. The largest absolute Gasteiger partial charge is 0.338 e. The van der Waals surface area contributed by atoms with Crippen LogP contribution in [0.15, 0.2) is 48.5 Å². The molecule has 18 heavy (non-hydrogen) atoms. The van der Waals surface area contributed by atoms with Crippen molar-refractivity contribution in [2.45, 2.75) is 19.8 Å². The first-order valence-electron chi connectivity index (χ1n) is 6.30. The molecular weight excluding hydrogens is 220 g/mol. The second-order valence-corrected chi connectivity index (χ2v) is 4.84. The Morgan fingerprint density at radius 3 is 2.44 bits per heavy atom. The zero-order valence-corrected chi connectivity index (χ0v) is 10.6. The minimum absolute atomic E-state index is 0.495. The fourth-order valence-corrected chi connectivity index (χ4v) is 2.30. The second-order valence-electron chi connectivity index (χ2n) is 4.84. The van der Waals surface area contributed by atoms with Crippen molar-refractivity contribution >= 4 is 11.0 Å². The van der Waals surface area contributed by atoms with Crippen molar-refractivity contribution in [1.29, 1.82) is 0 Å². The zero-order chi connectivity index (χ0) is 12.5. The van der Waals surface area contributed by atoms with Crippen LogP contribution in [0.3, 0.4) is 0 Å². The van der Waals surface area contributed by atoms with E-state index in [1.165, 1.54) is 11.1 Å². The summed E-state index contributed by atoms with van der Waals surface area (Å²) in [6, 6.07) is 16.6. The van der Waals surface area contributed by atoms with Gasteiger partial charge in [0, 0.05) is 5.56 Å². The van der Waals surface area contributed by atoms with E-state index >= 15 is 0 Å². The fraction of sp³-hybridized carbons (Fsp3) is 0.188. The van der Waals surface area contributed by atoms with Crippen LogP contribution in [-0.2, 0) is 0 Å². The summed E-state index contributed by atoms with van der Waals surface area (Å²) in [6.07, 6.45) is 0. The number of para-hydroxylation sites is 2. The number of imidazole rings is 1. The number of aromatic nitrogens is 2. The van der Waals surface area contributed by atoms with E-state index in [-0.39, 0.29) is 0 Å². The van der Waals surface area contributed by atoms with E-state index in [9.17, 15) is 0 Å². The first-order valence-corrected chi connectivity index (χ1v) is 6.30. The van der Waals surface area contributed by atoms with E-state index in [1.54, 1.807) is 0 Å². The van der Waals surface area contributed by atoms with Gasteiger partial charge < -0.3 is 4.98 Å². The molecule has 0 spiro atoms. The predicted molar refractivity (Wildman–Crippen MR) is 75.6 cm³/mol. The van der Waals surface area contributed by atoms with Gasteiger partial charge in [0.25, 0.3) is 0 Å². The van der Waals surface area contributed by atoms with Crippen LogP contribution in [0.5, 0.6) is 0 Å². The third-order valence-corrected chi connectivity index (χ3v) is 3.23. The number of rotatable bonds is 2. The molecule has 2 aromatic carbocycles. The molecule has 1 aromatic heterocycles. The first-order chi connectivity index (χ1) is 8.75. The summed E-state index contributed by atoms with van der Waals surface area (Å²) in [7, 11) is 0. The lowest BCUT2D eigenvalue weighted by Gasteiger charge is -2.10. The van der Waals surface area contributed by atoms with E-state index in [4.69, 9.17) is 0 Å². The Hall–Kier alpha value is -2.09. The van der Waals surface area contributed by atoms with Crippen molar-refractivity contribution in [3.05, 3.63) is 54.1 Å². The van der Waals surface area contributed by atoms with Gasteiger partial charge in [0.1, 0.15) is 5.82 Å². The fourth-order valence-electron chi connectivity index (χ4n) is 2.30. The van der Waals surface area contributed by atoms with Gasteiger partial charge in [-0.25, -0.2) is 4.98 Å². The number of fused-ring (bicyclic) bond motifs is 1. The van der Waals surface area contributed by atoms with Gasteiger partial charge in [-0.3, -0.25) is 0 Å². The molecule has 0 saturated heterocycles. The molecule has 0 atom stereocenters. The molecule has 1 N–H and O–H groups in total. The number of hydrogen-bond acceptors (Lipinski definition) is 1. The molecule has 0 radical (unpaired) electrons. The summed E-state index contributed by atoms with van der Waals surface area (Å²) < 4.78 is 0. The van der Waals surface area contributed by atoms with Gasteiger partial charge >= 0.3 is 0 Å². The van der Waals surface area contributed by atoms with Gasteiger partial charge in [-0.1, -0.05) is 50.2 Å². The van der Waals surface area contributed by atoms with Crippen LogP contribution in [0.2, 0.25) is 0 Å². The smallest absolute Gasteiger partial charge is 0.138 e. The summed E-state index contributed by atoms with van der Waals surface area (Å²) in [5.74, 6) is 1.45. The molecule has 2 heteroatoms. The molecule has 2 nitrogen and oxygen atoms in total. The molecule has 0 bridgehead atoms. The maximum absolute atomic E-state index is 4.67. The highest BCUT2D eigenvalue weighted by atomic mass is 14.9. The highest BCUT2D eigenvalue weighted by Crippen LogP contribution is 2.28. The third kappa shape index (κ3) is 1.80. The second kappa shape index (κ2) is 4.30. The minimum atomic E-state index is 0.495. The Morgan fingerprint density at radius 2 is 1.67 bits per heavy atom. The number of H-pyrrole nitrogens is 1. The molecular formula is C16H16N2. The van der Waals surface area contributed by atoms with Crippen LogP contribution in [0.1, 0.15) is 25.3 Å². The molecule has 0 aliphatic rings. The van der Waals surface area contributed by atoms with Crippen molar-refractivity contribution in [2.24, 2.45) is 0 Å². The normalized spacial score (nSPS) is 11.3. The topological polar surface area (TPSA) is 28.7 Å². The van der Waals surface area contributed by atoms with Crippen molar-refractivity contribution in [2.75, 3.05) is 0 Å². The van der Waals surface area contributed by atoms with Crippen molar-refractivity contribution in [1.82, 2.24) is 9.97 Å². The maximum Gasteiger partial charge on any atom is 0.138 e. The maximum atomic E-state index is 4.67. The Balaban J connectivity index is 2.20. The van der Waals surface area contributed by atoms with Crippen LogP contribution in [0, 0.1) is 0 Å². The van der Waals surface area contributed by atoms with E-state index in [0.717, 1.165) is 16.9 Å². The molecule has 0 aliphatic carbocycles. The lowest BCUT2D eigenvalue weighted by Crippen LogP contribution is -1.92. The number of nitrogens with zero attached hydrogens (tertiary/aromatic N) is 1. The number of nitrogens with one attached hydrogen (secondary N) is 1. The van der Waals surface area contributed by atoms with Gasteiger partial charge in [-0.2, -0.15) is 0 Å². The standard InChI is InChI=1S/C16H16N2/c1-11(2)12-7-3-4-8-13(12)16-17-14-9-5-6-10-15(14)18-16/h3-11H,1-2H3,(H,17,18). The summed E-state index contributed by atoms with van der Waals surface area (Å²) in [4.78, 5) is 8.07. The highest BCUT2D eigenvalue weighted by Gasteiger charge is 2.11. The SMILES string of the molecule is CC(C)c1ccccc1-c1nc2ccccc2[nH]1. The Kier molecular flexibility index (Phi) is 2.63. The average Bonchev–Trinajstić information content (AvgIpc) is 2.82. The van der Waals surface area contributed by atoms with E-state index in [2.05, 4.69) is 54.1 Å². The van der Waals surface area contributed by atoms with Crippen LogP contribution in [0.4, 0.5) is 0 Å². The molecule has 3 aromatic rings. The molecule has 90 valence electrons. The Labute approximate surface area is 107 Å². The van der Waals surface area contributed by atoms with Crippen LogP contribution in [0.25, 0.3) is 22.4 Å². The average molecular weight is 236 g/mol. The van der Waals surface area contributed by atoms with E-state index in [0.29, 0.717) is 5.92 Å². The summed E-state index contributed by atoms with van der Waals surface area (Å²) in [5, 5.41) is 0. The lowest BCUT2D eigenvalue weighted by atomic mass is 9.97. The Morgan fingerprint density at radius 1 is 0.944 bits per heavy atom. The minimum Gasteiger partial charge on any atom is -0.338 e. The van der Waals surface area contributed by atoms with Crippen LogP contribution in [-0.4, -0.2) is 9.97 Å². The Bertz CT molecular complexity index is 647. The number of hydrogen-bond donors (Lipinski definition) is 1. The predicted octanol–water partition coefficient (Wildman–Crippen LogP) is 4.35. The first kappa shape index (κ1) is 11.0. The van der Waals surface area contributed by atoms with Gasteiger partial charge in [0.05, 0.1) is 11.0 Å². The van der Waals surface area contributed by atoms with E-state index in [1.807, 2.05) is 18.2 Å². The quantitative estimate of drug-likeness (QED) is 0.704. The van der Waals surface area contributed by atoms with Crippen LogP contribution < -0.4 is 0 Å². The molecule has 0 amide bonds. The van der Waals surface area contributed by atoms with Gasteiger partial charge in [0.15, 0.2) is 0 Å². The number of benzene rings is 2. The zero-order valence-electron chi connectivity index (χ0n) is 10.6. The summed E-state index contributed by atoms with van der Waals surface area (Å²) in [5.41, 5.74) is 4.64. The van der Waals surface area contributed by atoms with Crippen molar-refractivity contribution < 1.29 is 0 Å². The van der Waals surface area contributed by atoms with Gasteiger partial charge in [-0.15, -0.1) is 0 Å². The molecule has 3 rings (SSSR count). The third-order valence-electron chi connectivity index (χ3n) is 3.23. The number of aromatic amines is 1. The van der Waals surface area contributed by atoms with Gasteiger partial charge in [0.2, 0.25) is 0 Å². The summed E-state index contributed by atoms with van der Waals surface area (Å²) in [6.45, 7) is 4.42. The molecule has 0 aliphatic heterocycles. The van der Waals surface area contributed by atoms with Crippen molar-refractivity contribution in [3.63, 3.8) is 0 Å². The molecule has 0 saturated carbocycles. The molecule has 1 heterocycles. The lowest BCUT2D eigenvalue weighted by molar-refractivity contribution is 0.867. The molecule has 0 fully saturated rings. The van der Waals surface area contributed by atoms with Gasteiger partial charge in [-0.05, 0) is 23.6 Å². The van der Waals surface area contributed by atoms with Crippen molar-refractivity contribution in [3.8, 4) is 11.4 Å². The van der Waals surface area contributed by atoms with Crippen LogP contribution >= 0.6 is 0 Å². The highest BCUT2D eigenvalue weighted by molar-refractivity contribution is 5.79. The summed E-state index contributed by atoms with van der Waals surface area (Å²) >= 11 is 0. The van der Waals surface area contributed by atoms with E-state index < -0.39 is 0 Å². The monoisotopic (exact) mass is 236 g/mol.